The summed E-state index contributed by atoms with van der Waals surface area (Å²) >= 11 is 0. The number of nitrogens with zero attached hydrogens (tertiary/aromatic N) is 2. The highest BCUT2D eigenvalue weighted by Crippen LogP contribution is 2.29. The minimum Gasteiger partial charge on any atom is -0.495 e. The lowest BCUT2D eigenvalue weighted by Crippen LogP contribution is -2.16. The summed E-state index contributed by atoms with van der Waals surface area (Å²) in [6, 6.07) is 9.86. The number of aromatic nitrogens is 2. The number of aryl methyl sites for hydroxylation is 1. The van der Waals surface area contributed by atoms with Crippen molar-refractivity contribution in [3.8, 4) is 5.75 Å². The van der Waals surface area contributed by atoms with Gasteiger partial charge in [0.15, 0.2) is 0 Å². The van der Waals surface area contributed by atoms with E-state index >= 15 is 0 Å². The lowest BCUT2D eigenvalue weighted by atomic mass is 9.96. The van der Waals surface area contributed by atoms with Crippen LogP contribution in [0.3, 0.4) is 0 Å². The Bertz CT molecular complexity index is 640. The van der Waals surface area contributed by atoms with Gasteiger partial charge in [0.1, 0.15) is 17.4 Å². The molecule has 2 heterocycles. The van der Waals surface area contributed by atoms with Crippen LogP contribution in [0.5, 0.6) is 5.75 Å². The third-order valence-electron chi connectivity index (χ3n) is 3.87. The Labute approximate surface area is 130 Å². The van der Waals surface area contributed by atoms with Crippen LogP contribution in [0.2, 0.25) is 0 Å². The van der Waals surface area contributed by atoms with Crippen LogP contribution in [-0.2, 0) is 4.74 Å². The van der Waals surface area contributed by atoms with Crippen molar-refractivity contribution in [2.75, 3.05) is 25.6 Å². The summed E-state index contributed by atoms with van der Waals surface area (Å²) in [7, 11) is 1.67. The number of hydrogen-bond donors (Lipinski definition) is 1. The predicted molar refractivity (Wildman–Crippen MR) is 85.8 cm³/mol. The van der Waals surface area contributed by atoms with Crippen molar-refractivity contribution in [3.63, 3.8) is 0 Å². The first-order valence-electron chi connectivity index (χ1n) is 7.59. The Kier molecular flexibility index (Phi) is 4.53. The van der Waals surface area contributed by atoms with Crippen LogP contribution in [0.25, 0.3) is 0 Å². The molecule has 0 spiro atoms. The second-order valence-electron chi connectivity index (χ2n) is 5.44. The summed E-state index contributed by atoms with van der Waals surface area (Å²) in [6.07, 6.45) is 2.04. The van der Waals surface area contributed by atoms with Gasteiger partial charge < -0.3 is 14.8 Å². The molecule has 0 radical (unpaired) electrons. The van der Waals surface area contributed by atoms with Gasteiger partial charge >= 0.3 is 0 Å². The SMILES string of the molecule is COc1ccccc1Nc1cc(C2CCOCC2)nc(C)n1. The minimum atomic E-state index is 0.452. The van der Waals surface area contributed by atoms with E-state index < -0.39 is 0 Å². The van der Waals surface area contributed by atoms with Gasteiger partial charge in [-0.2, -0.15) is 0 Å². The lowest BCUT2D eigenvalue weighted by molar-refractivity contribution is 0.0844. The van der Waals surface area contributed by atoms with Gasteiger partial charge in [-0.3, -0.25) is 0 Å². The molecule has 2 aromatic rings. The van der Waals surface area contributed by atoms with Crippen molar-refractivity contribution in [3.05, 3.63) is 41.9 Å². The second-order valence-corrected chi connectivity index (χ2v) is 5.44. The van der Waals surface area contributed by atoms with Gasteiger partial charge in [0.25, 0.3) is 0 Å². The molecule has 0 bridgehead atoms. The first kappa shape index (κ1) is 14.8. The molecule has 0 unspecified atom stereocenters. The van der Waals surface area contributed by atoms with E-state index in [-0.39, 0.29) is 0 Å². The van der Waals surface area contributed by atoms with Crippen LogP contribution in [0.1, 0.15) is 30.3 Å². The first-order chi connectivity index (χ1) is 10.8. The molecule has 5 heteroatoms. The Morgan fingerprint density at radius 2 is 1.95 bits per heavy atom. The second kappa shape index (κ2) is 6.75. The fourth-order valence-electron chi connectivity index (χ4n) is 2.74. The number of hydrogen-bond acceptors (Lipinski definition) is 5. The van der Waals surface area contributed by atoms with Crippen LogP contribution in [0, 0.1) is 6.92 Å². The molecule has 0 amide bonds. The molecule has 1 saturated heterocycles. The molecule has 0 aliphatic carbocycles. The maximum absolute atomic E-state index is 5.43. The van der Waals surface area contributed by atoms with Gasteiger partial charge in [0.05, 0.1) is 12.8 Å². The Balaban J connectivity index is 1.85. The summed E-state index contributed by atoms with van der Waals surface area (Å²) in [5.74, 6) is 2.83. The first-order valence-corrected chi connectivity index (χ1v) is 7.59. The summed E-state index contributed by atoms with van der Waals surface area (Å²) in [4.78, 5) is 9.09. The molecule has 116 valence electrons. The minimum absolute atomic E-state index is 0.452. The van der Waals surface area contributed by atoms with Crippen molar-refractivity contribution >= 4 is 11.5 Å². The number of para-hydroxylation sites is 2. The van der Waals surface area contributed by atoms with Gasteiger partial charge in [0.2, 0.25) is 0 Å². The molecule has 3 rings (SSSR count). The maximum atomic E-state index is 5.43. The zero-order valence-corrected chi connectivity index (χ0v) is 13.0. The van der Waals surface area contributed by atoms with Gasteiger partial charge in [0, 0.05) is 30.9 Å². The quantitative estimate of drug-likeness (QED) is 0.937. The summed E-state index contributed by atoms with van der Waals surface area (Å²) in [5.41, 5.74) is 1.99. The Morgan fingerprint density at radius 3 is 2.73 bits per heavy atom. The molecule has 22 heavy (non-hydrogen) atoms. The van der Waals surface area contributed by atoms with Crippen LogP contribution in [0.15, 0.2) is 30.3 Å². The topological polar surface area (TPSA) is 56.3 Å². The fraction of sp³-hybridized carbons (Fsp3) is 0.412. The van der Waals surface area contributed by atoms with E-state index in [1.54, 1.807) is 7.11 Å². The van der Waals surface area contributed by atoms with Gasteiger partial charge in [-0.25, -0.2) is 9.97 Å². The monoisotopic (exact) mass is 299 g/mol. The highest BCUT2D eigenvalue weighted by atomic mass is 16.5. The van der Waals surface area contributed by atoms with Crippen molar-refractivity contribution < 1.29 is 9.47 Å². The van der Waals surface area contributed by atoms with Crippen LogP contribution >= 0.6 is 0 Å². The van der Waals surface area contributed by atoms with Crippen molar-refractivity contribution in [2.24, 2.45) is 0 Å². The van der Waals surface area contributed by atoms with Crippen molar-refractivity contribution in [1.29, 1.82) is 0 Å². The largest absolute Gasteiger partial charge is 0.495 e. The number of methoxy groups -OCH3 is 1. The molecular formula is C17H21N3O2. The molecule has 1 aliphatic heterocycles. The average molecular weight is 299 g/mol. The van der Waals surface area contributed by atoms with E-state index in [1.165, 1.54) is 0 Å². The number of benzene rings is 1. The Morgan fingerprint density at radius 1 is 1.18 bits per heavy atom. The smallest absolute Gasteiger partial charge is 0.142 e. The zero-order valence-electron chi connectivity index (χ0n) is 13.0. The Hall–Kier alpha value is -2.14. The van der Waals surface area contributed by atoms with E-state index in [9.17, 15) is 0 Å². The third kappa shape index (κ3) is 3.36. The molecule has 1 N–H and O–H groups in total. The fourth-order valence-corrected chi connectivity index (χ4v) is 2.74. The third-order valence-corrected chi connectivity index (χ3v) is 3.87. The highest BCUT2D eigenvalue weighted by molar-refractivity contribution is 5.64. The number of rotatable bonds is 4. The van der Waals surface area contributed by atoms with Crippen molar-refractivity contribution in [1.82, 2.24) is 9.97 Å². The summed E-state index contributed by atoms with van der Waals surface area (Å²) in [5, 5.41) is 3.34. The van der Waals surface area contributed by atoms with E-state index in [0.29, 0.717) is 5.92 Å². The number of ether oxygens (including phenoxy) is 2. The molecule has 1 aromatic carbocycles. The standard InChI is InChI=1S/C17H21N3O2/c1-12-18-15(13-7-9-22-10-8-13)11-17(19-12)20-14-5-3-4-6-16(14)21-2/h3-6,11,13H,7-10H2,1-2H3,(H,18,19,20). The van der Waals surface area contributed by atoms with Crippen molar-refractivity contribution in [2.45, 2.75) is 25.7 Å². The van der Waals surface area contributed by atoms with E-state index in [1.807, 2.05) is 37.3 Å². The lowest BCUT2D eigenvalue weighted by Gasteiger charge is -2.22. The van der Waals surface area contributed by atoms with Gasteiger partial charge in [-0.1, -0.05) is 12.1 Å². The van der Waals surface area contributed by atoms with Gasteiger partial charge in [-0.15, -0.1) is 0 Å². The number of anilines is 2. The molecule has 1 fully saturated rings. The molecule has 5 nitrogen and oxygen atoms in total. The van der Waals surface area contributed by atoms with E-state index in [4.69, 9.17) is 9.47 Å². The summed E-state index contributed by atoms with van der Waals surface area (Å²) in [6.45, 7) is 3.54. The van der Waals surface area contributed by atoms with E-state index in [2.05, 4.69) is 15.3 Å². The molecule has 1 aliphatic rings. The van der Waals surface area contributed by atoms with Gasteiger partial charge in [-0.05, 0) is 31.9 Å². The van der Waals surface area contributed by atoms with Crippen LogP contribution < -0.4 is 10.1 Å². The summed E-state index contributed by atoms with van der Waals surface area (Å²) < 4.78 is 10.8. The molecule has 1 aromatic heterocycles. The molecule has 0 atom stereocenters. The maximum Gasteiger partial charge on any atom is 0.142 e. The predicted octanol–water partition coefficient (Wildman–Crippen LogP) is 3.43. The normalized spacial score (nSPS) is 15.5. The van der Waals surface area contributed by atoms with Crippen LogP contribution in [-0.4, -0.2) is 30.3 Å². The zero-order chi connectivity index (χ0) is 15.4. The molecule has 0 saturated carbocycles. The van der Waals surface area contributed by atoms with Crippen LogP contribution in [0.4, 0.5) is 11.5 Å². The molecular weight excluding hydrogens is 278 g/mol. The highest BCUT2D eigenvalue weighted by Gasteiger charge is 2.18. The van der Waals surface area contributed by atoms with E-state index in [0.717, 1.165) is 54.8 Å². The number of nitrogens with one attached hydrogen (secondary N) is 1. The average Bonchev–Trinajstić information content (AvgIpc) is 2.56.